The van der Waals surface area contributed by atoms with E-state index in [2.05, 4.69) is 0 Å². The van der Waals surface area contributed by atoms with Crippen LogP contribution in [0.3, 0.4) is 0 Å². The summed E-state index contributed by atoms with van der Waals surface area (Å²) in [5.74, 6) is -1.19. The van der Waals surface area contributed by atoms with E-state index in [9.17, 15) is 30.3 Å². The third-order valence-corrected chi connectivity index (χ3v) is 10.7. The Morgan fingerprint density at radius 2 is 1.26 bits per heavy atom. The number of carbonyl (C=O) groups excluding carboxylic acids is 1. The number of methoxy groups -OCH3 is 4. The Labute approximate surface area is 305 Å². The molecule has 3 aliphatic heterocycles. The average Bonchev–Trinajstić information content (AvgIpc) is 3.89. The van der Waals surface area contributed by atoms with Crippen LogP contribution >= 0.6 is 0 Å². The highest BCUT2D eigenvalue weighted by atomic mass is 16.5. The Bertz CT molecular complexity index is 2010. The minimum atomic E-state index is -1.16. The molecule has 0 spiro atoms. The quantitative estimate of drug-likeness (QED) is 0.122. The first kappa shape index (κ1) is 36.2. The Hall–Kier alpha value is -5.21. The lowest BCUT2D eigenvalue weighted by molar-refractivity contribution is 0.0190. The molecule has 0 aliphatic carbocycles. The molecule has 7 unspecified atom stereocenters. The van der Waals surface area contributed by atoms with E-state index in [0.717, 1.165) is 16.7 Å². The molecule has 4 aromatic carbocycles. The van der Waals surface area contributed by atoms with Crippen LogP contribution in [0.15, 0.2) is 60.7 Å². The largest absolute Gasteiger partial charge is 0.504 e. The van der Waals surface area contributed by atoms with Crippen LogP contribution in [0.2, 0.25) is 0 Å². The number of ketones is 1. The predicted molar refractivity (Wildman–Crippen MR) is 189 cm³/mol. The fraction of sp³-hybridized carbons (Fsp3) is 0.375. The number of phenolic OH excluding ortho intramolecular Hbond substituents is 3. The molecule has 3 aliphatic rings. The zero-order chi connectivity index (χ0) is 37.6. The van der Waals surface area contributed by atoms with Crippen LogP contribution < -0.4 is 23.7 Å². The van der Waals surface area contributed by atoms with E-state index in [-0.39, 0.29) is 64.4 Å². The molecule has 280 valence electrons. The highest BCUT2D eigenvalue weighted by molar-refractivity contribution is 6.02. The van der Waals surface area contributed by atoms with Crippen LogP contribution in [0.25, 0.3) is 0 Å². The molecule has 13 nitrogen and oxygen atoms in total. The van der Waals surface area contributed by atoms with Gasteiger partial charge in [0.1, 0.15) is 6.10 Å². The first-order valence-corrected chi connectivity index (χ1v) is 17.2. The zero-order valence-electron chi connectivity index (χ0n) is 29.6. The molecule has 0 radical (unpaired) electrons. The molecule has 7 rings (SSSR count). The number of phenols is 3. The summed E-state index contributed by atoms with van der Waals surface area (Å²) in [6.45, 7) is -0.115. The van der Waals surface area contributed by atoms with E-state index in [1.165, 1.54) is 45.6 Å². The molecule has 3 heterocycles. The van der Waals surface area contributed by atoms with E-state index < -0.39 is 36.4 Å². The van der Waals surface area contributed by atoms with Gasteiger partial charge in [-0.1, -0.05) is 6.07 Å². The van der Waals surface area contributed by atoms with Gasteiger partial charge < -0.3 is 58.7 Å². The standard InChI is InChI=1S/C40H42O13/c1-47-31-11-19(5-7-29(31)43)35(45)25(15-41)23-9-21(13-33(49-3)36(23)46)37-27-17-52-38(28(27)18-51-37)22-10-24-26(16-42)39(53-40(24)34(14-22)50-4)20-6-8-30(44)32(12-20)48-2/h5-14,25-28,37-39,41-44,46H,15-18H2,1-4H3. The summed E-state index contributed by atoms with van der Waals surface area (Å²) < 4.78 is 41.0. The zero-order valence-corrected chi connectivity index (χ0v) is 29.6. The van der Waals surface area contributed by atoms with Crippen LogP contribution in [-0.2, 0) is 9.47 Å². The number of Topliss-reactive ketones (excluding diaryl/α,β-unsaturated/α-hetero) is 1. The Balaban J connectivity index is 1.18. The average molecular weight is 731 g/mol. The SMILES string of the molecule is COc1cc(C(=O)C(CO)c2cc(C3OCC4C(c5cc(OC)c6c(c5)C(CO)C(c5ccc(O)c(OC)c5)O6)OCC34)cc(OC)c2O)ccc1O. The topological polar surface area (TPSA) is 183 Å². The fourth-order valence-electron chi connectivity index (χ4n) is 7.93. The number of rotatable bonds is 12. The van der Waals surface area contributed by atoms with Gasteiger partial charge >= 0.3 is 0 Å². The van der Waals surface area contributed by atoms with Crippen molar-refractivity contribution in [2.45, 2.75) is 30.1 Å². The van der Waals surface area contributed by atoms with Crippen LogP contribution in [0.4, 0.5) is 0 Å². The van der Waals surface area contributed by atoms with Crippen molar-refractivity contribution >= 4 is 5.78 Å². The minimum absolute atomic E-state index is 0.00370. The lowest BCUT2D eigenvalue weighted by atomic mass is 9.82. The molecule has 2 fully saturated rings. The maximum absolute atomic E-state index is 13.7. The minimum Gasteiger partial charge on any atom is -0.504 e. The van der Waals surface area contributed by atoms with Crippen molar-refractivity contribution in [3.05, 3.63) is 94.0 Å². The number of aliphatic hydroxyl groups is 2. The summed E-state index contributed by atoms with van der Waals surface area (Å²) in [6, 6.07) is 16.3. The van der Waals surface area contributed by atoms with E-state index >= 15 is 0 Å². The van der Waals surface area contributed by atoms with E-state index in [4.69, 9.17) is 33.2 Å². The van der Waals surface area contributed by atoms with Gasteiger partial charge in [0.15, 0.2) is 51.8 Å². The van der Waals surface area contributed by atoms with Gasteiger partial charge in [0.05, 0.1) is 78.9 Å². The van der Waals surface area contributed by atoms with Crippen molar-refractivity contribution in [2.24, 2.45) is 11.8 Å². The molecule has 53 heavy (non-hydrogen) atoms. The number of benzene rings is 4. The van der Waals surface area contributed by atoms with Gasteiger partial charge in [0.2, 0.25) is 0 Å². The van der Waals surface area contributed by atoms with Crippen LogP contribution in [-0.4, -0.2) is 86.2 Å². The number of fused-ring (bicyclic) bond motifs is 2. The van der Waals surface area contributed by atoms with Crippen molar-refractivity contribution < 1.29 is 63.5 Å². The number of aromatic hydroxyl groups is 3. The summed E-state index contributed by atoms with van der Waals surface area (Å²) in [5.41, 5.74) is 3.32. The summed E-state index contributed by atoms with van der Waals surface area (Å²) in [4.78, 5) is 13.7. The highest BCUT2D eigenvalue weighted by Crippen LogP contribution is 2.56. The molecule has 0 saturated carbocycles. The predicted octanol–water partition coefficient (Wildman–Crippen LogP) is 5.08. The summed E-state index contributed by atoms with van der Waals surface area (Å²) in [5, 5.41) is 52.4. The molecule has 7 atom stereocenters. The van der Waals surface area contributed by atoms with E-state index in [1.807, 2.05) is 12.1 Å². The van der Waals surface area contributed by atoms with Crippen molar-refractivity contribution in [1.82, 2.24) is 0 Å². The number of carbonyl (C=O) groups is 1. The maximum atomic E-state index is 13.7. The third-order valence-electron chi connectivity index (χ3n) is 10.7. The van der Waals surface area contributed by atoms with Gasteiger partial charge in [0, 0.05) is 28.5 Å². The van der Waals surface area contributed by atoms with Crippen LogP contribution in [0.1, 0.15) is 68.3 Å². The molecule has 2 saturated heterocycles. The lowest BCUT2D eigenvalue weighted by Crippen LogP contribution is -2.19. The number of aliphatic hydroxyl groups excluding tert-OH is 2. The highest BCUT2D eigenvalue weighted by Gasteiger charge is 2.49. The van der Waals surface area contributed by atoms with Gasteiger partial charge in [-0.3, -0.25) is 4.79 Å². The van der Waals surface area contributed by atoms with Gasteiger partial charge in [-0.2, -0.15) is 0 Å². The Morgan fingerprint density at radius 1 is 0.698 bits per heavy atom. The van der Waals surface area contributed by atoms with Crippen molar-refractivity contribution in [3.63, 3.8) is 0 Å². The monoisotopic (exact) mass is 730 g/mol. The lowest BCUT2D eigenvalue weighted by Gasteiger charge is -2.22. The van der Waals surface area contributed by atoms with Crippen LogP contribution in [0.5, 0.6) is 46.0 Å². The maximum Gasteiger partial charge on any atom is 0.172 e. The van der Waals surface area contributed by atoms with E-state index in [0.29, 0.717) is 36.0 Å². The van der Waals surface area contributed by atoms with Gasteiger partial charge in [0.25, 0.3) is 0 Å². The summed E-state index contributed by atoms with van der Waals surface area (Å²) in [7, 11) is 5.80. The number of hydrogen-bond donors (Lipinski definition) is 5. The molecule has 0 amide bonds. The molecule has 13 heteroatoms. The smallest absolute Gasteiger partial charge is 0.172 e. The first-order valence-electron chi connectivity index (χ1n) is 17.2. The van der Waals surface area contributed by atoms with Gasteiger partial charge in [-0.15, -0.1) is 0 Å². The van der Waals surface area contributed by atoms with Crippen molar-refractivity contribution in [3.8, 4) is 46.0 Å². The summed E-state index contributed by atoms with van der Waals surface area (Å²) >= 11 is 0. The molecule has 5 N–H and O–H groups in total. The number of hydrogen-bond acceptors (Lipinski definition) is 13. The summed E-state index contributed by atoms with van der Waals surface area (Å²) in [6.07, 6.45) is -1.43. The van der Waals surface area contributed by atoms with Crippen molar-refractivity contribution in [1.29, 1.82) is 0 Å². The second-order valence-electron chi connectivity index (χ2n) is 13.4. The Kier molecular flexibility index (Phi) is 10.0. The van der Waals surface area contributed by atoms with E-state index in [1.54, 1.807) is 31.4 Å². The van der Waals surface area contributed by atoms with Crippen LogP contribution in [0, 0.1) is 11.8 Å². The van der Waals surface area contributed by atoms with Gasteiger partial charge in [-0.25, -0.2) is 0 Å². The third kappa shape index (κ3) is 6.23. The molecule has 0 bridgehead atoms. The molecule has 4 aromatic rings. The number of ether oxygens (including phenoxy) is 7. The molecule has 0 aromatic heterocycles. The fourth-order valence-corrected chi connectivity index (χ4v) is 7.93. The first-order chi connectivity index (χ1) is 25.6. The molecular formula is C40H42O13. The van der Waals surface area contributed by atoms with Crippen molar-refractivity contribution in [2.75, 3.05) is 54.9 Å². The second-order valence-corrected chi connectivity index (χ2v) is 13.4. The second kappa shape index (κ2) is 14.7. The van der Waals surface area contributed by atoms with Gasteiger partial charge in [-0.05, 0) is 71.3 Å². The normalized spacial score (nSPS) is 23.5. The Morgan fingerprint density at radius 3 is 1.87 bits per heavy atom. The molecular weight excluding hydrogens is 688 g/mol.